The number of para-hydroxylation sites is 1. The van der Waals surface area contributed by atoms with E-state index >= 15 is 0 Å². The molecule has 4 heteroatoms. The Morgan fingerprint density at radius 3 is 2.79 bits per heavy atom. The first kappa shape index (κ1) is 14.0. The maximum Gasteiger partial charge on any atom is 0.272 e. The van der Waals surface area contributed by atoms with Crippen LogP contribution in [0.1, 0.15) is 38.7 Å². The lowest BCUT2D eigenvalue weighted by Gasteiger charge is -2.28. The summed E-state index contributed by atoms with van der Waals surface area (Å²) in [4.78, 5) is 10.6. The average molecular weight is 262 g/mol. The first-order valence-electron chi connectivity index (χ1n) is 6.96. The van der Waals surface area contributed by atoms with Crippen LogP contribution >= 0.6 is 0 Å². The van der Waals surface area contributed by atoms with Crippen molar-refractivity contribution in [2.24, 2.45) is 5.41 Å². The molecular formula is C15H22N2O2. The van der Waals surface area contributed by atoms with Crippen LogP contribution in [0, 0.1) is 15.5 Å². The summed E-state index contributed by atoms with van der Waals surface area (Å²) < 4.78 is 0. The van der Waals surface area contributed by atoms with Gasteiger partial charge in [-0.05, 0) is 31.2 Å². The van der Waals surface area contributed by atoms with Crippen molar-refractivity contribution in [2.45, 2.75) is 45.6 Å². The van der Waals surface area contributed by atoms with Gasteiger partial charge in [0.1, 0.15) is 0 Å². The molecular weight excluding hydrogens is 240 g/mol. The molecule has 0 aliphatic heterocycles. The fourth-order valence-corrected chi connectivity index (χ4v) is 2.99. The van der Waals surface area contributed by atoms with Crippen LogP contribution in [0.5, 0.6) is 0 Å². The fourth-order valence-electron chi connectivity index (χ4n) is 2.99. The van der Waals surface area contributed by atoms with Crippen LogP contribution in [0.4, 0.5) is 5.69 Å². The van der Waals surface area contributed by atoms with Crippen molar-refractivity contribution in [3.63, 3.8) is 0 Å². The number of nitrogens with zero attached hydrogens (tertiary/aromatic N) is 1. The number of nitro benzene ring substituents is 1. The van der Waals surface area contributed by atoms with E-state index in [2.05, 4.69) is 19.2 Å². The average Bonchev–Trinajstić information content (AvgIpc) is 2.69. The summed E-state index contributed by atoms with van der Waals surface area (Å²) in [6, 6.07) is 7.54. The van der Waals surface area contributed by atoms with Crippen molar-refractivity contribution in [1.29, 1.82) is 0 Å². The van der Waals surface area contributed by atoms with Gasteiger partial charge in [-0.25, -0.2) is 0 Å². The second-order valence-corrected chi connectivity index (χ2v) is 6.02. The summed E-state index contributed by atoms with van der Waals surface area (Å²) in [7, 11) is 0. The molecule has 1 aliphatic rings. The van der Waals surface area contributed by atoms with Crippen molar-refractivity contribution in [1.82, 2.24) is 5.32 Å². The lowest BCUT2D eigenvalue weighted by atomic mass is 9.87. The van der Waals surface area contributed by atoms with Crippen molar-refractivity contribution in [3.8, 4) is 0 Å². The number of hydrogen-bond acceptors (Lipinski definition) is 3. The van der Waals surface area contributed by atoms with Gasteiger partial charge < -0.3 is 5.32 Å². The van der Waals surface area contributed by atoms with E-state index in [0.717, 1.165) is 12.1 Å². The van der Waals surface area contributed by atoms with Crippen LogP contribution in [0.3, 0.4) is 0 Å². The molecule has 0 heterocycles. The molecule has 19 heavy (non-hydrogen) atoms. The molecule has 1 fully saturated rings. The van der Waals surface area contributed by atoms with Gasteiger partial charge in [0.2, 0.25) is 0 Å². The third kappa shape index (κ3) is 3.32. The SMILES string of the molecule is CC1(C)CCCC1NCCc1ccccc1[N+](=O)[O-]. The molecule has 0 saturated heterocycles. The quantitative estimate of drug-likeness (QED) is 0.654. The minimum atomic E-state index is -0.297. The Balaban J connectivity index is 1.91. The standard InChI is InChI=1S/C15H22N2O2/c1-15(2)10-5-8-14(15)16-11-9-12-6-3-4-7-13(12)17(18)19/h3-4,6-7,14,16H,5,8-11H2,1-2H3. The van der Waals surface area contributed by atoms with Gasteiger partial charge in [0.05, 0.1) is 4.92 Å². The van der Waals surface area contributed by atoms with E-state index in [9.17, 15) is 10.1 Å². The topological polar surface area (TPSA) is 55.2 Å². The van der Waals surface area contributed by atoms with Crippen molar-refractivity contribution >= 4 is 5.69 Å². The number of benzene rings is 1. The smallest absolute Gasteiger partial charge is 0.272 e. The van der Waals surface area contributed by atoms with E-state index in [4.69, 9.17) is 0 Å². The van der Waals surface area contributed by atoms with Crippen molar-refractivity contribution < 1.29 is 4.92 Å². The Kier molecular flexibility index (Phi) is 4.20. The van der Waals surface area contributed by atoms with Crippen molar-refractivity contribution in [2.75, 3.05) is 6.54 Å². The van der Waals surface area contributed by atoms with Crippen LogP contribution in [0.2, 0.25) is 0 Å². The van der Waals surface area contributed by atoms with Crippen LogP contribution < -0.4 is 5.32 Å². The third-order valence-corrected chi connectivity index (χ3v) is 4.23. The highest BCUT2D eigenvalue weighted by Crippen LogP contribution is 2.37. The first-order valence-corrected chi connectivity index (χ1v) is 6.96. The molecule has 0 amide bonds. The Morgan fingerprint density at radius 1 is 1.42 bits per heavy atom. The summed E-state index contributed by atoms with van der Waals surface area (Å²) in [5.41, 5.74) is 1.40. The summed E-state index contributed by atoms with van der Waals surface area (Å²) in [6.45, 7) is 5.39. The van der Waals surface area contributed by atoms with Gasteiger partial charge >= 0.3 is 0 Å². The first-order chi connectivity index (χ1) is 9.00. The summed E-state index contributed by atoms with van der Waals surface area (Å²) in [5.74, 6) is 0. The second kappa shape index (κ2) is 5.70. The predicted octanol–water partition coefficient (Wildman–Crippen LogP) is 3.31. The number of rotatable bonds is 5. The number of nitrogens with one attached hydrogen (secondary N) is 1. The minimum Gasteiger partial charge on any atom is -0.313 e. The van der Waals surface area contributed by atoms with Crippen LogP contribution in [0.15, 0.2) is 24.3 Å². The van der Waals surface area contributed by atoms with Gasteiger partial charge in [-0.15, -0.1) is 0 Å². The zero-order chi connectivity index (χ0) is 13.9. The van der Waals surface area contributed by atoms with E-state index in [1.54, 1.807) is 12.1 Å². The van der Waals surface area contributed by atoms with E-state index in [0.29, 0.717) is 17.9 Å². The highest BCUT2D eigenvalue weighted by Gasteiger charge is 2.33. The molecule has 1 N–H and O–H groups in total. The van der Waals surface area contributed by atoms with Gasteiger partial charge in [-0.2, -0.15) is 0 Å². The van der Waals surface area contributed by atoms with Gasteiger partial charge in [-0.1, -0.05) is 38.5 Å². The predicted molar refractivity (Wildman–Crippen MR) is 76.2 cm³/mol. The van der Waals surface area contributed by atoms with Gasteiger partial charge in [-0.3, -0.25) is 10.1 Å². The molecule has 104 valence electrons. The Morgan fingerprint density at radius 2 is 2.16 bits per heavy atom. The second-order valence-electron chi connectivity index (χ2n) is 6.02. The Labute approximate surface area is 114 Å². The molecule has 2 rings (SSSR count). The van der Waals surface area contributed by atoms with E-state index < -0.39 is 0 Å². The lowest BCUT2D eigenvalue weighted by Crippen LogP contribution is -2.38. The zero-order valence-corrected chi connectivity index (χ0v) is 11.7. The van der Waals surface area contributed by atoms with Crippen LogP contribution in [0.25, 0.3) is 0 Å². The molecule has 1 unspecified atom stereocenters. The van der Waals surface area contributed by atoms with Gasteiger partial charge in [0.25, 0.3) is 5.69 Å². The Hall–Kier alpha value is -1.42. The molecule has 1 atom stereocenters. The zero-order valence-electron chi connectivity index (χ0n) is 11.7. The largest absolute Gasteiger partial charge is 0.313 e. The maximum atomic E-state index is 10.9. The molecule has 1 saturated carbocycles. The minimum absolute atomic E-state index is 0.231. The van der Waals surface area contributed by atoms with Gasteiger partial charge in [0.15, 0.2) is 0 Å². The molecule has 1 aromatic carbocycles. The summed E-state index contributed by atoms with van der Waals surface area (Å²) >= 11 is 0. The normalized spacial score (nSPS) is 21.5. The number of hydrogen-bond donors (Lipinski definition) is 1. The van der Waals surface area contributed by atoms with E-state index in [1.165, 1.54) is 19.3 Å². The highest BCUT2D eigenvalue weighted by atomic mass is 16.6. The molecule has 0 spiro atoms. The molecule has 4 nitrogen and oxygen atoms in total. The van der Waals surface area contributed by atoms with E-state index in [-0.39, 0.29) is 10.6 Å². The lowest BCUT2D eigenvalue weighted by molar-refractivity contribution is -0.385. The molecule has 1 aliphatic carbocycles. The Bertz CT molecular complexity index is 457. The number of nitro groups is 1. The summed E-state index contributed by atoms with van der Waals surface area (Å²) in [6.07, 6.45) is 4.46. The monoisotopic (exact) mass is 262 g/mol. The van der Waals surface area contributed by atoms with Gasteiger partial charge in [0, 0.05) is 17.7 Å². The molecule has 1 aromatic rings. The van der Waals surface area contributed by atoms with E-state index in [1.807, 2.05) is 12.1 Å². The van der Waals surface area contributed by atoms with Crippen LogP contribution in [-0.2, 0) is 6.42 Å². The maximum absolute atomic E-state index is 10.9. The molecule has 0 radical (unpaired) electrons. The summed E-state index contributed by atoms with van der Waals surface area (Å²) in [5, 5.41) is 14.5. The van der Waals surface area contributed by atoms with Crippen LogP contribution in [-0.4, -0.2) is 17.5 Å². The fraction of sp³-hybridized carbons (Fsp3) is 0.600. The highest BCUT2D eigenvalue weighted by molar-refractivity contribution is 5.39. The third-order valence-electron chi connectivity index (χ3n) is 4.23. The molecule has 0 aromatic heterocycles. The van der Waals surface area contributed by atoms with Crippen molar-refractivity contribution in [3.05, 3.63) is 39.9 Å². The molecule has 0 bridgehead atoms.